The summed E-state index contributed by atoms with van der Waals surface area (Å²) < 4.78 is 54.2. The maximum absolute atomic E-state index is 12.8. The third kappa shape index (κ3) is 35.1. The van der Waals surface area contributed by atoms with Gasteiger partial charge in [-0.2, -0.15) is 8.42 Å². The maximum atomic E-state index is 12.8. The van der Waals surface area contributed by atoms with Crippen LogP contribution in [0, 0.1) is 0 Å². The van der Waals surface area contributed by atoms with Gasteiger partial charge in [-0.1, -0.05) is 199 Å². The van der Waals surface area contributed by atoms with E-state index in [1.54, 1.807) is 0 Å². The zero-order chi connectivity index (χ0) is 46.2. The molecule has 0 bridgehead atoms. The Balaban J connectivity index is 2.35. The van der Waals surface area contributed by atoms with E-state index in [2.05, 4.69) is 38.2 Å². The summed E-state index contributed by atoms with van der Waals surface area (Å²) in [6.45, 7) is 3.74. The Labute approximate surface area is 383 Å². The topological polar surface area (TPSA) is 186 Å². The molecule has 0 aliphatic carbocycles. The van der Waals surface area contributed by atoms with E-state index in [1.807, 2.05) is 0 Å². The molecule has 4 N–H and O–H groups in total. The number of hydrogen-bond acceptors (Lipinski definition) is 11. The van der Waals surface area contributed by atoms with Crippen LogP contribution in [0.4, 0.5) is 0 Å². The summed E-state index contributed by atoms with van der Waals surface area (Å²) in [6.07, 6.45) is 36.5. The lowest BCUT2D eigenvalue weighted by molar-refractivity contribution is -0.297. The average molecular weight is 917 g/mol. The second-order valence-corrected chi connectivity index (χ2v) is 19.3. The summed E-state index contributed by atoms with van der Waals surface area (Å²) in [4.78, 5) is 25.5. The molecule has 63 heavy (non-hydrogen) atoms. The zero-order valence-electron chi connectivity index (χ0n) is 39.7. The molecule has 1 saturated heterocycles. The van der Waals surface area contributed by atoms with Crippen LogP contribution in [0.5, 0.6) is 0 Å². The molecule has 2 unspecified atom stereocenters. The predicted octanol–water partition coefficient (Wildman–Crippen LogP) is 11.2. The second kappa shape index (κ2) is 40.4. The minimum atomic E-state index is -4.60. The Bertz CT molecular complexity index is 1260. The molecule has 1 rings (SSSR count). The van der Waals surface area contributed by atoms with E-state index in [4.69, 9.17) is 18.9 Å². The quantitative estimate of drug-likeness (QED) is 0.0197. The highest BCUT2D eigenvalue weighted by atomic mass is 32.2. The first-order valence-electron chi connectivity index (χ1n) is 25.4. The van der Waals surface area contributed by atoms with Crippen LogP contribution in [0.3, 0.4) is 0 Å². The summed E-state index contributed by atoms with van der Waals surface area (Å²) in [5, 5.41) is 30.9. The van der Waals surface area contributed by atoms with Gasteiger partial charge in [0.2, 0.25) is 0 Å². The summed E-state index contributed by atoms with van der Waals surface area (Å²) in [7, 11) is -4.60. The van der Waals surface area contributed by atoms with Crippen LogP contribution in [0.1, 0.15) is 226 Å². The van der Waals surface area contributed by atoms with Gasteiger partial charge in [0, 0.05) is 12.8 Å². The van der Waals surface area contributed by atoms with Gasteiger partial charge >= 0.3 is 11.9 Å². The number of aliphatic hydroxyl groups is 3. The van der Waals surface area contributed by atoms with Gasteiger partial charge in [-0.3, -0.25) is 14.1 Å². The first kappa shape index (κ1) is 59.1. The van der Waals surface area contributed by atoms with Gasteiger partial charge in [0.25, 0.3) is 10.1 Å². The molecule has 0 amide bonds. The minimum absolute atomic E-state index is 0.151. The van der Waals surface area contributed by atoms with E-state index in [0.29, 0.717) is 12.8 Å². The van der Waals surface area contributed by atoms with Crippen LogP contribution in [-0.2, 0) is 38.7 Å². The fourth-order valence-corrected chi connectivity index (χ4v) is 8.50. The lowest BCUT2D eigenvalue weighted by atomic mass is 10.00. The normalized spacial score (nSPS) is 19.9. The molecular formula is C50H92O12S. The van der Waals surface area contributed by atoms with Gasteiger partial charge < -0.3 is 34.3 Å². The molecule has 0 aromatic heterocycles. The molecule has 370 valence electrons. The van der Waals surface area contributed by atoms with Crippen molar-refractivity contribution in [3.8, 4) is 0 Å². The van der Waals surface area contributed by atoms with Gasteiger partial charge in [-0.05, 0) is 38.5 Å². The first-order valence-corrected chi connectivity index (χ1v) is 27.0. The number of rotatable bonds is 43. The third-order valence-corrected chi connectivity index (χ3v) is 12.5. The number of hydrogen-bond donors (Lipinski definition) is 4. The monoisotopic (exact) mass is 917 g/mol. The van der Waals surface area contributed by atoms with Gasteiger partial charge in [-0.15, -0.1) is 0 Å². The van der Waals surface area contributed by atoms with E-state index in [0.717, 1.165) is 64.2 Å². The van der Waals surface area contributed by atoms with E-state index >= 15 is 0 Å². The summed E-state index contributed by atoms with van der Waals surface area (Å²) in [6, 6.07) is 0. The number of ether oxygens (including phenoxy) is 4. The van der Waals surface area contributed by atoms with Crippen LogP contribution in [0.25, 0.3) is 0 Å². The fourth-order valence-electron chi connectivity index (χ4n) is 7.81. The summed E-state index contributed by atoms with van der Waals surface area (Å²) in [5.74, 6) is -1.99. The molecule has 0 spiro atoms. The number of allylic oxidation sites excluding steroid dienone is 4. The molecule has 1 fully saturated rings. The summed E-state index contributed by atoms with van der Waals surface area (Å²) in [5.41, 5.74) is 0. The molecule has 0 saturated carbocycles. The molecule has 0 aromatic rings. The van der Waals surface area contributed by atoms with E-state index in [-0.39, 0.29) is 19.4 Å². The highest BCUT2D eigenvalue weighted by Gasteiger charge is 2.46. The van der Waals surface area contributed by atoms with Gasteiger partial charge in [-0.25, -0.2) is 0 Å². The van der Waals surface area contributed by atoms with Crippen molar-refractivity contribution >= 4 is 22.1 Å². The molecular weight excluding hydrogens is 825 g/mol. The molecule has 1 aliphatic rings. The lowest BCUT2D eigenvalue weighted by Gasteiger charge is -2.40. The molecule has 12 nitrogen and oxygen atoms in total. The Kier molecular flexibility index (Phi) is 37.9. The van der Waals surface area contributed by atoms with Crippen molar-refractivity contribution in [2.45, 2.75) is 263 Å². The van der Waals surface area contributed by atoms with Crippen molar-refractivity contribution in [1.82, 2.24) is 0 Å². The van der Waals surface area contributed by atoms with Crippen LogP contribution in [0.15, 0.2) is 24.3 Å². The first-order chi connectivity index (χ1) is 30.5. The zero-order valence-corrected chi connectivity index (χ0v) is 40.5. The van der Waals surface area contributed by atoms with Crippen LogP contribution >= 0.6 is 0 Å². The number of carbonyl (C=O) groups excluding carboxylic acids is 2. The second-order valence-electron chi connectivity index (χ2n) is 17.8. The molecule has 0 aromatic carbocycles. The Morgan fingerprint density at radius 1 is 0.540 bits per heavy atom. The predicted molar refractivity (Wildman–Crippen MR) is 252 cm³/mol. The van der Waals surface area contributed by atoms with Crippen molar-refractivity contribution in [1.29, 1.82) is 0 Å². The van der Waals surface area contributed by atoms with Crippen molar-refractivity contribution in [3.63, 3.8) is 0 Å². The SMILES string of the molecule is CCCC/C=C/C/C=C/CCCCCCCC(=O)O[C@H](COC(=O)CCCCCCCCCCCCCCCCCCCCCCC)CO[C@H]1O[C@H](CS(=O)(=O)O)[C@@H](O)C(O)C1O. The number of esters is 2. The van der Waals surface area contributed by atoms with E-state index in [1.165, 1.54) is 122 Å². The number of unbranched alkanes of at least 4 members (excludes halogenated alkanes) is 27. The van der Waals surface area contributed by atoms with Gasteiger partial charge in [0.15, 0.2) is 12.4 Å². The van der Waals surface area contributed by atoms with Gasteiger partial charge in [0.05, 0.1) is 6.61 Å². The highest BCUT2D eigenvalue weighted by Crippen LogP contribution is 2.24. The maximum Gasteiger partial charge on any atom is 0.306 e. The molecule has 0 radical (unpaired) electrons. The van der Waals surface area contributed by atoms with Crippen LogP contribution in [-0.4, -0.2) is 96.0 Å². The van der Waals surface area contributed by atoms with Crippen LogP contribution < -0.4 is 0 Å². The van der Waals surface area contributed by atoms with Crippen molar-refractivity contribution in [2.24, 2.45) is 0 Å². The fraction of sp³-hybridized carbons (Fsp3) is 0.880. The van der Waals surface area contributed by atoms with Crippen molar-refractivity contribution in [2.75, 3.05) is 19.0 Å². The lowest BCUT2D eigenvalue weighted by Crippen LogP contribution is -2.60. The Morgan fingerprint density at radius 2 is 0.968 bits per heavy atom. The Morgan fingerprint density at radius 3 is 1.44 bits per heavy atom. The minimum Gasteiger partial charge on any atom is -0.462 e. The van der Waals surface area contributed by atoms with E-state index in [9.17, 15) is 37.9 Å². The van der Waals surface area contributed by atoms with Gasteiger partial charge in [0.1, 0.15) is 36.8 Å². The molecule has 6 atom stereocenters. The molecule has 1 aliphatic heterocycles. The number of carbonyl (C=O) groups is 2. The standard InChI is InChI=1S/C50H92O12S/c1-3-5-7-9-11-13-15-17-19-20-21-22-23-24-25-27-28-30-32-34-36-38-45(51)59-40-43(41-60-50-49(55)48(54)47(53)44(62-50)42-63(56,57)58)61-46(52)39-37-35-33-31-29-26-18-16-14-12-10-8-6-4-2/h10,12,16,18,43-44,47-50,53-55H,3-9,11,13-15,17,19-42H2,1-2H3,(H,56,57,58)/b12-10+,18-16+/t43-,44-,47-,48?,49?,50+/m1/s1. The third-order valence-electron chi connectivity index (χ3n) is 11.8. The Hall–Kier alpha value is -1.87. The smallest absolute Gasteiger partial charge is 0.306 e. The molecule has 13 heteroatoms. The van der Waals surface area contributed by atoms with Crippen molar-refractivity contribution < 1.29 is 56.8 Å². The number of aliphatic hydroxyl groups excluding tert-OH is 3. The van der Waals surface area contributed by atoms with E-state index < -0.39 is 71.2 Å². The largest absolute Gasteiger partial charge is 0.462 e. The van der Waals surface area contributed by atoms with Crippen LogP contribution in [0.2, 0.25) is 0 Å². The molecule has 1 heterocycles. The summed E-state index contributed by atoms with van der Waals surface area (Å²) >= 11 is 0. The highest BCUT2D eigenvalue weighted by molar-refractivity contribution is 7.85. The van der Waals surface area contributed by atoms with Crippen molar-refractivity contribution in [3.05, 3.63) is 24.3 Å². The average Bonchev–Trinajstić information content (AvgIpc) is 3.25.